The predicted molar refractivity (Wildman–Crippen MR) is 154 cm³/mol. The molecule has 210 valence electrons. The fourth-order valence-electron chi connectivity index (χ4n) is 4.61. The van der Waals surface area contributed by atoms with Gasteiger partial charge < -0.3 is 19.9 Å². The van der Waals surface area contributed by atoms with Crippen LogP contribution in [0, 0.1) is 5.92 Å². The van der Waals surface area contributed by atoms with E-state index >= 15 is 0 Å². The van der Waals surface area contributed by atoms with Gasteiger partial charge in [-0.05, 0) is 78.7 Å². The monoisotopic (exact) mass is 552 g/mol. The topological polar surface area (TPSA) is 88.1 Å². The van der Waals surface area contributed by atoms with Crippen molar-refractivity contribution >= 4 is 10.0 Å². The predicted octanol–water partition coefficient (Wildman–Crippen LogP) is 4.82. The Morgan fingerprint density at radius 2 is 1.51 bits per heavy atom. The van der Waals surface area contributed by atoms with Gasteiger partial charge in [0.1, 0.15) is 30.8 Å². The van der Waals surface area contributed by atoms with E-state index in [1.165, 1.54) is 0 Å². The summed E-state index contributed by atoms with van der Waals surface area (Å²) in [5.41, 5.74) is 2.24. The highest BCUT2D eigenvalue weighted by atomic mass is 32.2. The van der Waals surface area contributed by atoms with E-state index in [0.717, 1.165) is 36.3 Å². The number of sulfonamides is 1. The molecule has 1 fully saturated rings. The number of piperidine rings is 1. The molecule has 1 atom stereocenters. The molecule has 8 heteroatoms. The SMILES string of the molecule is CC(C)c1ccc(S(=O)(=O)N2CCC(CNC[C@H](O)COc3ccc(OCc4ccccc4)cc3)CC2)cc1. The van der Waals surface area contributed by atoms with E-state index in [9.17, 15) is 13.5 Å². The first-order valence-electron chi connectivity index (χ1n) is 13.7. The third kappa shape index (κ3) is 8.54. The summed E-state index contributed by atoms with van der Waals surface area (Å²) in [5.74, 6) is 2.17. The lowest BCUT2D eigenvalue weighted by molar-refractivity contribution is 0.104. The van der Waals surface area contributed by atoms with Gasteiger partial charge in [-0.3, -0.25) is 0 Å². The number of ether oxygens (including phenoxy) is 2. The maximum Gasteiger partial charge on any atom is 0.243 e. The zero-order valence-electron chi connectivity index (χ0n) is 22.8. The summed E-state index contributed by atoms with van der Waals surface area (Å²) in [6.45, 7) is 7.05. The highest BCUT2D eigenvalue weighted by Crippen LogP contribution is 2.25. The highest BCUT2D eigenvalue weighted by molar-refractivity contribution is 7.89. The molecular formula is C31H40N2O5S. The van der Waals surface area contributed by atoms with Crippen molar-refractivity contribution in [2.75, 3.05) is 32.8 Å². The number of nitrogens with one attached hydrogen (secondary N) is 1. The first-order valence-corrected chi connectivity index (χ1v) is 15.1. The van der Waals surface area contributed by atoms with E-state index in [-0.39, 0.29) is 6.61 Å². The van der Waals surface area contributed by atoms with Crippen molar-refractivity contribution in [3.8, 4) is 11.5 Å². The van der Waals surface area contributed by atoms with Crippen LogP contribution in [-0.4, -0.2) is 56.7 Å². The molecule has 1 aliphatic heterocycles. The van der Waals surface area contributed by atoms with Crippen molar-refractivity contribution in [3.63, 3.8) is 0 Å². The second kappa shape index (κ2) is 13.9. The van der Waals surface area contributed by atoms with Gasteiger partial charge in [-0.1, -0.05) is 56.3 Å². The lowest BCUT2D eigenvalue weighted by Crippen LogP contribution is -2.42. The van der Waals surface area contributed by atoms with Crippen LogP contribution >= 0.6 is 0 Å². The summed E-state index contributed by atoms with van der Waals surface area (Å²) in [5, 5.41) is 13.7. The summed E-state index contributed by atoms with van der Waals surface area (Å²) >= 11 is 0. The molecule has 4 rings (SSSR count). The van der Waals surface area contributed by atoms with Crippen molar-refractivity contribution in [2.45, 2.75) is 50.2 Å². The Morgan fingerprint density at radius 1 is 0.897 bits per heavy atom. The Kier molecular flexibility index (Phi) is 10.4. The molecule has 0 saturated carbocycles. The zero-order valence-corrected chi connectivity index (χ0v) is 23.6. The second-order valence-electron chi connectivity index (χ2n) is 10.4. The van der Waals surface area contributed by atoms with Gasteiger partial charge in [-0.2, -0.15) is 4.31 Å². The molecule has 0 amide bonds. The van der Waals surface area contributed by atoms with Gasteiger partial charge in [-0.25, -0.2) is 8.42 Å². The first-order chi connectivity index (χ1) is 18.8. The number of hydrogen-bond donors (Lipinski definition) is 2. The molecule has 3 aromatic carbocycles. The molecular weight excluding hydrogens is 512 g/mol. The van der Waals surface area contributed by atoms with Gasteiger partial charge in [0.05, 0.1) is 4.90 Å². The van der Waals surface area contributed by atoms with Crippen LogP contribution in [0.25, 0.3) is 0 Å². The first kappa shape index (κ1) is 29.1. The average Bonchev–Trinajstić information content (AvgIpc) is 2.96. The zero-order chi connectivity index (χ0) is 27.7. The molecule has 1 saturated heterocycles. The van der Waals surface area contributed by atoms with E-state index in [0.29, 0.717) is 48.7 Å². The Balaban J connectivity index is 1.12. The molecule has 2 N–H and O–H groups in total. The molecule has 1 aliphatic rings. The Bertz CT molecular complexity index is 1240. The van der Waals surface area contributed by atoms with Gasteiger partial charge >= 0.3 is 0 Å². The van der Waals surface area contributed by atoms with Crippen LogP contribution in [0.3, 0.4) is 0 Å². The molecule has 7 nitrogen and oxygen atoms in total. The summed E-state index contributed by atoms with van der Waals surface area (Å²) in [7, 11) is -3.47. The largest absolute Gasteiger partial charge is 0.491 e. The Hall–Kier alpha value is -2.91. The minimum atomic E-state index is -3.47. The summed E-state index contributed by atoms with van der Waals surface area (Å²) in [6, 6.07) is 24.6. The molecule has 0 aliphatic carbocycles. The maximum absolute atomic E-state index is 13.0. The van der Waals surface area contributed by atoms with Crippen LogP contribution in [-0.2, 0) is 16.6 Å². The smallest absolute Gasteiger partial charge is 0.243 e. The van der Waals surface area contributed by atoms with Crippen molar-refractivity contribution in [2.24, 2.45) is 5.92 Å². The quantitative estimate of drug-likeness (QED) is 0.316. The van der Waals surface area contributed by atoms with Crippen LogP contribution in [0.2, 0.25) is 0 Å². The minimum Gasteiger partial charge on any atom is -0.491 e. The number of aliphatic hydroxyl groups excluding tert-OH is 1. The average molecular weight is 553 g/mol. The molecule has 0 unspecified atom stereocenters. The van der Waals surface area contributed by atoms with Gasteiger partial charge in [0, 0.05) is 19.6 Å². The molecule has 0 aromatic heterocycles. The lowest BCUT2D eigenvalue weighted by atomic mass is 9.98. The molecule has 1 heterocycles. The number of aliphatic hydroxyl groups is 1. The van der Waals surface area contributed by atoms with Gasteiger partial charge in [0.15, 0.2) is 0 Å². The summed E-state index contributed by atoms with van der Waals surface area (Å²) < 4.78 is 39.2. The highest BCUT2D eigenvalue weighted by Gasteiger charge is 2.29. The fourth-order valence-corrected chi connectivity index (χ4v) is 6.08. The maximum atomic E-state index is 13.0. The van der Waals surface area contributed by atoms with Crippen molar-refractivity contribution < 1.29 is 23.0 Å². The number of rotatable bonds is 13. The minimum absolute atomic E-state index is 0.184. The van der Waals surface area contributed by atoms with Crippen molar-refractivity contribution in [1.82, 2.24) is 9.62 Å². The standard InChI is InChI=1S/C31H40N2O5S/c1-24(2)27-8-14-31(15-9-27)39(35,36)33-18-16-25(17-19-33)20-32-21-28(34)23-38-30-12-10-29(11-13-30)37-22-26-6-4-3-5-7-26/h3-15,24-25,28,32,34H,16-23H2,1-2H3/t28-/m0/s1. The van der Waals surface area contributed by atoms with E-state index in [2.05, 4.69) is 19.2 Å². The Morgan fingerprint density at radius 3 is 2.13 bits per heavy atom. The molecule has 3 aromatic rings. The second-order valence-corrected chi connectivity index (χ2v) is 12.4. The fraction of sp³-hybridized carbons (Fsp3) is 0.419. The van der Waals surface area contributed by atoms with Crippen LogP contribution in [0.15, 0.2) is 83.8 Å². The van der Waals surface area contributed by atoms with E-state index < -0.39 is 16.1 Å². The Labute approximate surface area is 232 Å². The van der Waals surface area contributed by atoms with Crippen LogP contribution < -0.4 is 14.8 Å². The molecule has 0 radical (unpaired) electrons. The number of benzene rings is 3. The third-order valence-electron chi connectivity index (χ3n) is 7.09. The van der Waals surface area contributed by atoms with Gasteiger partial charge in [-0.15, -0.1) is 0 Å². The number of nitrogens with zero attached hydrogens (tertiary/aromatic N) is 1. The normalized spacial score (nSPS) is 15.8. The molecule has 39 heavy (non-hydrogen) atoms. The van der Waals surface area contributed by atoms with E-state index in [1.54, 1.807) is 16.4 Å². The van der Waals surface area contributed by atoms with Crippen LogP contribution in [0.4, 0.5) is 0 Å². The van der Waals surface area contributed by atoms with E-state index in [1.807, 2.05) is 66.7 Å². The van der Waals surface area contributed by atoms with Gasteiger partial charge in [0.2, 0.25) is 10.0 Å². The summed E-state index contributed by atoms with van der Waals surface area (Å²) in [6.07, 6.45) is 0.941. The molecule has 0 spiro atoms. The van der Waals surface area contributed by atoms with Crippen molar-refractivity contribution in [3.05, 3.63) is 90.0 Å². The third-order valence-corrected chi connectivity index (χ3v) is 9.00. The van der Waals surface area contributed by atoms with E-state index in [4.69, 9.17) is 9.47 Å². The van der Waals surface area contributed by atoms with Gasteiger partial charge in [0.25, 0.3) is 0 Å². The lowest BCUT2D eigenvalue weighted by Gasteiger charge is -2.31. The number of hydrogen-bond acceptors (Lipinski definition) is 6. The van der Waals surface area contributed by atoms with Crippen LogP contribution in [0.5, 0.6) is 11.5 Å². The van der Waals surface area contributed by atoms with Crippen LogP contribution in [0.1, 0.15) is 43.7 Å². The summed E-state index contributed by atoms with van der Waals surface area (Å²) in [4.78, 5) is 0.362. The molecule has 0 bridgehead atoms. The van der Waals surface area contributed by atoms with Crippen molar-refractivity contribution in [1.29, 1.82) is 0 Å².